The van der Waals surface area contributed by atoms with Crippen LogP contribution in [0.5, 0.6) is 0 Å². The molecule has 22 heavy (non-hydrogen) atoms. The second-order valence-corrected chi connectivity index (χ2v) is 8.75. The summed E-state index contributed by atoms with van der Waals surface area (Å²) in [5.74, 6) is 5.11. The summed E-state index contributed by atoms with van der Waals surface area (Å²) in [6.07, 6.45) is 22.8. The smallest absolute Gasteiger partial charge is 0.340 e. The zero-order valence-electron chi connectivity index (χ0n) is 14.8. The van der Waals surface area contributed by atoms with Crippen molar-refractivity contribution < 1.29 is 32.7 Å². The minimum atomic E-state index is 0. The Kier molecular flexibility index (Phi) is 8.99. The average molecular weight is 378 g/mol. The van der Waals surface area contributed by atoms with E-state index in [0.717, 1.165) is 29.6 Å². The van der Waals surface area contributed by atoms with Crippen LogP contribution in [0.2, 0.25) is 0 Å². The van der Waals surface area contributed by atoms with Crippen LogP contribution in [-0.4, -0.2) is 0 Å². The summed E-state index contributed by atoms with van der Waals surface area (Å²) in [5.41, 5.74) is 0. The summed E-state index contributed by atoms with van der Waals surface area (Å²) in [4.78, 5) is 0. The minimum absolute atomic E-state index is 0. The maximum Gasteiger partial charge on any atom is 3.00 e. The summed E-state index contributed by atoms with van der Waals surface area (Å²) < 4.78 is 0. The summed E-state index contributed by atoms with van der Waals surface area (Å²) >= 11 is 0. The number of rotatable bonds is 4. The minimum Gasteiger partial charge on any atom is -0.340 e. The second kappa shape index (κ2) is 10.2. The third-order valence-electron chi connectivity index (χ3n) is 6.99. The van der Waals surface area contributed by atoms with Crippen molar-refractivity contribution in [3.63, 3.8) is 0 Å². The van der Waals surface area contributed by atoms with Gasteiger partial charge in [0, 0.05) is 0 Å². The van der Waals surface area contributed by atoms with Gasteiger partial charge in [0.05, 0.1) is 0 Å². The van der Waals surface area contributed by atoms with E-state index in [1.165, 1.54) is 44.9 Å². The van der Waals surface area contributed by atoms with Crippen LogP contribution in [-0.2, 0) is 32.7 Å². The summed E-state index contributed by atoms with van der Waals surface area (Å²) in [7, 11) is 0. The largest absolute Gasteiger partial charge is 3.00 e. The van der Waals surface area contributed by atoms with Gasteiger partial charge >= 0.3 is 32.7 Å². The standard InChI is InChI=1S/C21H37.Y/c1-17-7-9-19(10-8-17)16-21-13-11-20(12-14-21)15-18-5-3-2-4-6-18;/h17-21H,1-16H2;/q-1;+3. The van der Waals surface area contributed by atoms with Gasteiger partial charge in [0.1, 0.15) is 0 Å². The van der Waals surface area contributed by atoms with Crippen LogP contribution in [0.1, 0.15) is 96.3 Å². The first-order valence-electron chi connectivity index (χ1n) is 10.1. The molecule has 0 atom stereocenters. The number of hydrogen-bond donors (Lipinski definition) is 0. The fourth-order valence-electron chi connectivity index (χ4n) is 5.54. The van der Waals surface area contributed by atoms with E-state index < -0.39 is 0 Å². The van der Waals surface area contributed by atoms with Gasteiger partial charge in [0.15, 0.2) is 0 Å². The predicted octanol–water partition coefficient (Wildman–Crippen LogP) is 6.79. The molecule has 3 rings (SSSR count). The third kappa shape index (κ3) is 6.20. The van der Waals surface area contributed by atoms with Crippen molar-refractivity contribution in [2.75, 3.05) is 0 Å². The van der Waals surface area contributed by atoms with Gasteiger partial charge in [-0.25, -0.2) is 0 Å². The number of hydrogen-bond acceptors (Lipinski definition) is 0. The van der Waals surface area contributed by atoms with Gasteiger partial charge in [0.25, 0.3) is 0 Å². The van der Waals surface area contributed by atoms with E-state index in [2.05, 4.69) is 6.92 Å². The molecule has 1 heteroatoms. The molecule has 0 aromatic carbocycles. The van der Waals surface area contributed by atoms with Crippen LogP contribution in [0.25, 0.3) is 0 Å². The molecule has 0 spiro atoms. The molecule has 3 fully saturated rings. The van der Waals surface area contributed by atoms with E-state index in [9.17, 15) is 0 Å². The van der Waals surface area contributed by atoms with E-state index in [1.807, 2.05) is 0 Å². The van der Waals surface area contributed by atoms with Crippen LogP contribution in [0, 0.1) is 36.5 Å². The maximum absolute atomic E-state index is 4.24. The Morgan fingerprint density at radius 2 is 0.864 bits per heavy atom. The Morgan fingerprint density at radius 1 is 0.500 bits per heavy atom. The van der Waals surface area contributed by atoms with E-state index in [1.54, 1.807) is 51.4 Å². The summed E-state index contributed by atoms with van der Waals surface area (Å²) in [5, 5.41) is 0. The Morgan fingerprint density at radius 3 is 1.32 bits per heavy atom. The van der Waals surface area contributed by atoms with Crippen LogP contribution >= 0.6 is 0 Å². The molecule has 122 valence electrons. The molecule has 0 heterocycles. The van der Waals surface area contributed by atoms with Gasteiger partial charge in [-0.3, -0.25) is 0 Å². The van der Waals surface area contributed by atoms with Crippen molar-refractivity contribution in [2.24, 2.45) is 29.6 Å². The predicted molar refractivity (Wildman–Crippen MR) is 92.1 cm³/mol. The zero-order valence-corrected chi connectivity index (χ0v) is 17.6. The van der Waals surface area contributed by atoms with Crippen molar-refractivity contribution in [3.8, 4) is 0 Å². The first kappa shape index (κ1) is 19.4. The van der Waals surface area contributed by atoms with Gasteiger partial charge in [-0.2, -0.15) is 5.92 Å². The molecule has 3 aliphatic carbocycles. The molecule has 3 saturated carbocycles. The molecule has 0 saturated heterocycles. The third-order valence-corrected chi connectivity index (χ3v) is 6.99. The molecule has 0 amide bonds. The van der Waals surface area contributed by atoms with Crippen LogP contribution < -0.4 is 0 Å². The van der Waals surface area contributed by atoms with Gasteiger partial charge in [-0.15, -0.1) is 0 Å². The molecule has 0 nitrogen and oxygen atoms in total. The molecule has 0 N–H and O–H groups in total. The second-order valence-electron chi connectivity index (χ2n) is 8.75. The Bertz CT molecular complexity index is 278. The van der Waals surface area contributed by atoms with Crippen molar-refractivity contribution in [2.45, 2.75) is 96.3 Å². The molecule has 0 radical (unpaired) electrons. The van der Waals surface area contributed by atoms with Crippen molar-refractivity contribution in [1.82, 2.24) is 0 Å². The van der Waals surface area contributed by atoms with Crippen LogP contribution in [0.4, 0.5) is 0 Å². The van der Waals surface area contributed by atoms with Gasteiger partial charge in [-0.05, 0) is 36.5 Å². The van der Waals surface area contributed by atoms with E-state index in [-0.39, 0.29) is 32.7 Å². The normalized spacial score (nSPS) is 37.5. The topological polar surface area (TPSA) is 0 Å². The first-order valence-corrected chi connectivity index (χ1v) is 10.1. The SMILES string of the molecule is [CH2-]C1CCC(CC2CCC(CC3CCCCC3)CC2)CC1.[Y+3]. The zero-order chi connectivity index (χ0) is 14.5. The molecular weight excluding hydrogens is 341 g/mol. The quantitative estimate of drug-likeness (QED) is 0.472. The van der Waals surface area contributed by atoms with E-state index in [0.29, 0.717) is 0 Å². The Hall–Kier alpha value is 1.10. The molecule has 0 bridgehead atoms. The van der Waals surface area contributed by atoms with Gasteiger partial charge < -0.3 is 6.92 Å². The van der Waals surface area contributed by atoms with Gasteiger partial charge in [0.2, 0.25) is 0 Å². The molecular formula is C21H37Y+2. The molecule has 0 aromatic rings. The molecule has 0 aliphatic heterocycles. The fourth-order valence-corrected chi connectivity index (χ4v) is 5.54. The average Bonchev–Trinajstić information content (AvgIpc) is 2.53. The fraction of sp³-hybridized carbons (Fsp3) is 0.952. The van der Waals surface area contributed by atoms with Crippen molar-refractivity contribution in [1.29, 1.82) is 0 Å². The Labute approximate surface area is 164 Å². The molecule has 0 aromatic heterocycles. The van der Waals surface area contributed by atoms with Gasteiger partial charge in [-0.1, -0.05) is 83.5 Å². The van der Waals surface area contributed by atoms with E-state index in [4.69, 9.17) is 0 Å². The maximum atomic E-state index is 4.24. The van der Waals surface area contributed by atoms with Crippen molar-refractivity contribution >= 4 is 0 Å². The summed E-state index contributed by atoms with van der Waals surface area (Å²) in [6.45, 7) is 4.24. The monoisotopic (exact) mass is 378 g/mol. The molecule has 0 unspecified atom stereocenters. The summed E-state index contributed by atoms with van der Waals surface area (Å²) in [6, 6.07) is 0. The first-order chi connectivity index (χ1) is 10.3. The molecule has 3 aliphatic rings. The van der Waals surface area contributed by atoms with Crippen LogP contribution in [0.15, 0.2) is 0 Å². The Balaban J connectivity index is 0.00000176. The van der Waals surface area contributed by atoms with E-state index >= 15 is 0 Å². The van der Waals surface area contributed by atoms with Crippen molar-refractivity contribution in [3.05, 3.63) is 6.92 Å². The van der Waals surface area contributed by atoms with Crippen LogP contribution in [0.3, 0.4) is 0 Å².